The van der Waals surface area contributed by atoms with Gasteiger partial charge in [0, 0.05) is 31.8 Å². The second-order valence-electron chi connectivity index (χ2n) is 9.94. The largest absolute Gasteiger partial charge is 0.354 e. The smallest absolute Gasteiger partial charge is 0.243 e. The first-order chi connectivity index (χ1) is 19.2. The number of benzene rings is 4. The van der Waals surface area contributed by atoms with E-state index in [4.69, 9.17) is 0 Å². The summed E-state index contributed by atoms with van der Waals surface area (Å²) in [6.07, 6.45) is 2.62. The van der Waals surface area contributed by atoms with Crippen LogP contribution in [0.2, 0.25) is 0 Å². The van der Waals surface area contributed by atoms with Crippen LogP contribution >= 0.6 is 0 Å². The Kier molecular flexibility index (Phi) is 10.5. The molecule has 0 spiro atoms. The summed E-state index contributed by atoms with van der Waals surface area (Å²) < 4.78 is 0. The summed E-state index contributed by atoms with van der Waals surface area (Å²) in [6.45, 7) is 3.07. The molecular weight excluding hydrogens is 480 g/mol. The number of nitrogens with zero attached hydrogens (tertiary/aromatic N) is 1. The second-order valence-corrected chi connectivity index (χ2v) is 9.94. The Morgan fingerprint density at radius 1 is 0.692 bits per heavy atom. The Bertz CT molecular complexity index is 1240. The zero-order valence-electron chi connectivity index (χ0n) is 22.7. The van der Waals surface area contributed by atoms with Crippen LogP contribution in [0.3, 0.4) is 0 Å². The molecule has 0 radical (unpaired) electrons. The summed E-state index contributed by atoms with van der Waals surface area (Å²) in [5, 5.41) is 3.11. The molecule has 4 rings (SSSR count). The molecule has 4 nitrogen and oxygen atoms in total. The predicted molar refractivity (Wildman–Crippen MR) is 158 cm³/mol. The molecule has 2 amide bonds. The van der Waals surface area contributed by atoms with Gasteiger partial charge in [-0.15, -0.1) is 0 Å². The molecule has 0 fully saturated rings. The maximum atomic E-state index is 14.3. The van der Waals surface area contributed by atoms with Gasteiger partial charge in [-0.1, -0.05) is 135 Å². The number of carbonyl (C=O) groups is 2. The standard InChI is InChI=1S/C35H38N2O2/c1-2-3-24-36-35(39)33(25-28-16-8-4-9-17-28)37(27-29-18-10-5-11-19-29)34(38)26-32(30-20-12-6-13-21-30)31-22-14-7-15-23-31/h4-23,32-33H,2-3,24-27H2,1H3,(H,36,39). The van der Waals surface area contributed by atoms with E-state index in [1.54, 1.807) is 4.90 Å². The van der Waals surface area contributed by atoms with Crippen LogP contribution in [0.25, 0.3) is 0 Å². The number of carbonyl (C=O) groups excluding carboxylic acids is 2. The minimum absolute atomic E-state index is 0.0388. The van der Waals surface area contributed by atoms with Gasteiger partial charge >= 0.3 is 0 Å². The summed E-state index contributed by atoms with van der Waals surface area (Å²) in [4.78, 5) is 29.8. The van der Waals surface area contributed by atoms with E-state index in [1.807, 2.05) is 97.1 Å². The minimum atomic E-state index is -0.621. The molecule has 39 heavy (non-hydrogen) atoms. The van der Waals surface area contributed by atoms with Gasteiger partial charge in [-0.05, 0) is 28.7 Å². The molecule has 4 heteroatoms. The number of hydrogen-bond acceptors (Lipinski definition) is 2. The van der Waals surface area contributed by atoms with Gasteiger partial charge in [0.1, 0.15) is 6.04 Å². The summed E-state index contributed by atoms with van der Waals surface area (Å²) in [5.41, 5.74) is 4.20. The third-order valence-electron chi connectivity index (χ3n) is 7.08. The highest BCUT2D eigenvalue weighted by atomic mass is 16.2. The van der Waals surface area contributed by atoms with Gasteiger partial charge in [-0.3, -0.25) is 9.59 Å². The average molecular weight is 519 g/mol. The number of rotatable bonds is 13. The van der Waals surface area contributed by atoms with Crippen LogP contribution in [-0.2, 0) is 22.6 Å². The Morgan fingerprint density at radius 3 is 1.69 bits per heavy atom. The first kappa shape index (κ1) is 27.8. The maximum Gasteiger partial charge on any atom is 0.243 e. The van der Waals surface area contributed by atoms with Gasteiger partial charge < -0.3 is 10.2 Å². The highest BCUT2D eigenvalue weighted by molar-refractivity contribution is 5.88. The molecule has 4 aromatic rings. The van der Waals surface area contributed by atoms with E-state index < -0.39 is 6.04 Å². The molecule has 200 valence electrons. The summed E-state index contributed by atoms with van der Waals surface area (Å²) in [6, 6.07) is 39.6. The van der Waals surface area contributed by atoms with Crippen LogP contribution in [0.4, 0.5) is 0 Å². The average Bonchev–Trinajstić information content (AvgIpc) is 2.99. The van der Waals surface area contributed by atoms with Crippen LogP contribution in [0.1, 0.15) is 54.4 Å². The van der Waals surface area contributed by atoms with Crippen molar-refractivity contribution < 1.29 is 9.59 Å². The van der Waals surface area contributed by atoms with E-state index in [2.05, 4.69) is 36.5 Å². The lowest BCUT2D eigenvalue weighted by atomic mass is 9.87. The summed E-state index contributed by atoms with van der Waals surface area (Å²) >= 11 is 0. The molecule has 0 aromatic heterocycles. The normalized spacial score (nSPS) is 11.6. The summed E-state index contributed by atoms with van der Waals surface area (Å²) in [7, 11) is 0. The van der Waals surface area contributed by atoms with E-state index in [9.17, 15) is 9.59 Å². The maximum absolute atomic E-state index is 14.3. The first-order valence-corrected chi connectivity index (χ1v) is 13.9. The Labute approximate surface area is 232 Å². The van der Waals surface area contributed by atoms with Crippen molar-refractivity contribution in [1.29, 1.82) is 0 Å². The fourth-order valence-electron chi connectivity index (χ4n) is 4.93. The van der Waals surface area contributed by atoms with Gasteiger partial charge in [0.05, 0.1) is 0 Å². The van der Waals surface area contributed by atoms with Crippen LogP contribution in [0, 0.1) is 0 Å². The number of hydrogen-bond donors (Lipinski definition) is 1. The van der Waals surface area contributed by atoms with Crippen molar-refractivity contribution in [2.75, 3.05) is 6.54 Å². The van der Waals surface area contributed by atoms with Crippen molar-refractivity contribution >= 4 is 11.8 Å². The first-order valence-electron chi connectivity index (χ1n) is 13.9. The molecule has 0 bridgehead atoms. The van der Waals surface area contributed by atoms with E-state index in [0.29, 0.717) is 19.5 Å². The third kappa shape index (κ3) is 8.15. The molecule has 0 aliphatic rings. The Morgan fingerprint density at radius 2 is 1.18 bits per heavy atom. The van der Waals surface area contributed by atoms with E-state index >= 15 is 0 Å². The molecule has 0 aliphatic heterocycles. The lowest BCUT2D eigenvalue weighted by Crippen LogP contribution is -2.51. The molecule has 1 unspecified atom stereocenters. The molecule has 0 aliphatic carbocycles. The van der Waals surface area contributed by atoms with Gasteiger partial charge in [-0.25, -0.2) is 0 Å². The Balaban J connectivity index is 1.69. The molecule has 0 heterocycles. The van der Waals surface area contributed by atoms with Crippen LogP contribution in [0.15, 0.2) is 121 Å². The van der Waals surface area contributed by atoms with Crippen molar-refractivity contribution in [3.8, 4) is 0 Å². The second kappa shape index (κ2) is 14.7. The van der Waals surface area contributed by atoms with Crippen molar-refractivity contribution in [2.24, 2.45) is 0 Å². The van der Waals surface area contributed by atoms with E-state index in [1.165, 1.54) is 0 Å². The summed E-state index contributed by atoms with van der Waals surface area (Å²) in [5.74, 6) is -0.255. The highest BCUT2D eigenvalue weighted by Gasteiger charge is 2.32. The highest BCUT2D eigenvalue weighted by Crippen LogP contribution is 2.29. The lowest BCUT2D eigenvalue weighted by molar-refractivity contribution is -0.141. The molecule has 0 saturated heterocycles. The van der Waals surface area contributed by atoms with Gasteiger partial charge in [0.25, 0.3) is 0 Å². The third-order valence-corrected chi connectivity index (χ3v) is 7.08. The Hall–Kier alpha value is -4.18. The van der Waals surface area contributed by atoms with Crippen molar-refractivity contribution in [1.82, 2.24) is 10.2 Å². The fraction of sp³-hybridized carbons (Fsp3) is 0.257. The minimum Gasteiger partial charge on any atom is -0.354 e. The van der Waals surface area contributed by atoms with E-state index in [0.717, 1.165) is 35.1 Å². The molecule has 1 N–H and O–H groups in total. The van der Waals surface area contributed by atoms with Crippen LogP contribution in [0.5, 0.6) is 0 Å². The molecule has 0 saturated carbocycles. The number of nitrogens with one attached hydrogen (secondary N) is 1. The molecular formula is C35H38N2O2. The van der Waals surface area contributed by atoms with Crippen molar-refractivity contribution in [2.45, 2.75) is 51.1 Å². The fourth-order valence-corrected chi connectivity index (χ4v) is 4.93. The molecule has 1 atom stereocenters. The van der Waals surface area contributed by atoms with Gasteiger partial charge in [0.2, 0.25) is 11.8 Å². The SMILES string of the molecule is CCCCNC(=O)C(Cc1ccccc1)N(Cc1ccccc1)C(=O)CC(c1ccccc1)c1ccccc1. The topological polar surface area (TPSA) is 49.4 Å². The van der Waals surface area contributed by atoms with Crippen molar-refractivity contribution in [3.05, 3.63) is 144 Å². The van der Waals surface area contributed by atoms with Crippen LogP contribution < -0.4 is 5.32 Å². The van der Waals surface area contributed by atoms with Gasteiger partial charge in [0.15, 0.2) is 0 Å². The zero-order chi connectivity index (χ0) is 27.3. The molecule has 4 aromatic carbocycles. The monoisotopic (exact) mass is 518 g/mol. The lowest BCUT2D eigenvalue weighted by Gasteiger charge is -2.33. The van der Waals surface area contributed by atoms with E-state index in [-0.39, 0.29) is 24.2 Å². The van der Waals surface area contributed by atoms with Crippen LogP contribution in [-0.4, -0.2) is 29.3 Å². The quantitative estimate of drug-likeness (QED) is 0.199. The van der Waals surface area contributed by atoms with Crippen molar-refractivity contribution in [3.63, 3.8) is 0 Å². The number of amides is 2. The zero-order valence-corrected chi connectivity index (χ0v) is 22.7. The van der Waals surface area contributed by atoms with Gasteiger partial charge in [-0.2, -0.15) is 0 Å². The number of unbranched alkanes of at least 4 members (excludes halogenated alkanes) is 1. The predicted octanol–water partition coefficient (Wildman–Crippen LogP) is 6.77.